The number of aliphatic imine (C=N–C) groups is 1. The maximum Gasteiger partial charge on any atom is 0.414 e. The molecule has 0 aliphatic carbocycles. The van der Waals surface area contributed by atoms with E-state index in [-0.39, 0.29) is 18.3 Å². The summed E-state index contributed by atoms with van der Waals surface area (Å²) < 4.78 is 22.4. The number of rotatable bonds is 17. The van der Waals surface area contributed by atoms with Crippen molar-refractivity contribution < 1.29 is 33.3 Å². The maximum absolute atomic E-state index is 13.4. The number of unbranched alkanes of at least 4 members (excludes halogenated alkanes) is 5. The van der Waals surface area contributed by atoms with Gasteiger partial charge in [-0.25, -0.2) is 14.6 Å². The first-order valence-electron chi connectivity index (χ1n) is 18.0. The number of carbonyl (C=O) groups is 3. The summed E-state index contributed by atoms with van der Waals surface area (Å²) in [6.45, 7) is 12.0. The first-order chi connectivity index (χ1) is 24.8. The Balaban J connectivity index is 1.43. The minimum Gasteiger partial charge on any atom is -0.494 e. The normalized spacial score (nSPS) is 11.8. The van der Waals surface area contributed by atoms with Crippen molar-refractivity contribution in [2.24, 2.45) is 4.99 Å². The second-order valence-electron chi connectivity index (χ2n) is 14.4. The third-order valence-electron chi connectivity index (χ3n) is 7.31. The van der Waals surface area contributed by atoms with E-state index in [2.05, 4.69) is 20.9 Å². The predicted octanol–water partition coefficient (Wildman–Crippen LogP) is 8.12. The standard InChI is InChI=1S/C41H56N4O7/c1-40(2,3)51-38(47)44-37(45-39(48)52-41(4,5)6)43-35(29-31-19-13-11-14-20-31)36(46)42-27-17-9-7-8-10-18-28-49-33-23-25-34(26-24-33)50-30-32-21-15-12-16-22-32/h11-16,19-26,35H,7-10,17-18,27-30H2,1-6H3,(H,42,46)(H2,43,44,45,47,48). The molecule has 0 heterocycles. The van der Waals surface area contributed by atoms with Crippen LogP contribution in [0.5, 0.6) is 11.5 Å². The summed E-state index contributed by atoms with van der Waals surface area (Å²) in [4.78, 5) is 43.1. The molecule has 282 valence electrons. The average Bonchev–Trinajstić information content (AvgIpc) is 3.07. The number of nitrogens with one attached hydrogen (secondary N) is 3. The number of amides is 3. The molecule has 11 heteroatoms. The first kappa shape index (κ1) is 41.4. The molecule has 0 spiro atoms. The highest BCUT2D eigenvalue weighted by atomic mass is 16.6. The van der Waals surface area contributed by atoms with Gasteiger partial charge in [0.15, 0.2) is 0 Å². The van der Waals surface area contributed by atoms with Crippen LogP contribution >= 0.6 is 0 Å². The van der Waals surface area contributed by atoms with Crippen LogP contribution in [0.25, 0.3) is 0 Å². The molecule has 0 radical (unpaired) electrons. The molecule has 0 fully saturated rings. The number of alkyl carbamates (subject to hydrolysis) is 2. The third kappa shape index (κ3) is 18.3. The quantitative estimate of drug-likeness (QED) is 0.0729. The summed E-state index contributed by atoms with van der Waals surface area (Å²) >= 11 is 0. The van der Waals surface area contributed by atoms with E-state index in [4.69, 9.17) is 18.9 Å². The second-order valence-corrected chi connectivity index (χ2v) is 14.4. The summed E-state index contributed by atoms with van der Waals surface area (Å²) in [7, 11) is 0. The zero-order valence-electron chi connectivity index (χ0n) is 31.5. The molecule has 1 atom stereocenters. The lowest BCUT2D eigenvalue weighted by atomic mass is 10.1. The van der Waals surface area contributed by atoms with Gasteiger partial charge in [-0.05, 0) is 89.8 Å². The lowest BCUT2D eigenvalue weighted by molar-refractivity contribution is -0.122. The largest absolute Gasteiger partial charge is 0.494 e. The van der Waals surface area contributed by atoms with Crippen molar-refractivity contribution in [2.75, 3.05) is 13.2 Å². The van der Waals surface area contributed by atoms with E-state index in [0.29, 0.717) is 19.8 Å². The molecule has 0 aliphatic heterocycles. The Morgan fingerprint density at radius 3 is 1.63 bits per heavy atom. The summed E-state index contributed by atoms with van der Waals surface area (Å²) in [5, 5.41) is 7.92. The number of guanidine groups is 1. The minimum atomic E-state index is -0.944. The smallest absolute Gasteiger partial charge is 0.414 e. The van der Waals surface area contributed by atoms with Crippen LogP contribution in [-0.2, 0) is 27.3 Å². The van der Waals surface area contributed by atoms with E-state index >= 15 is 0 Å². The monoisotopic (exact) mass is 716 g/mol. The van der Waals surface area contributed by atoms with Gasteiger partial charge in [-0.15, -0.1) is 0 Å². The number of nitrogens with zero attached hydrogens (tertiary/aromatic N) is 1. The predicted molar refractivity (Wildman–Crippen MR) is 204 cm³/mol. The second kappa shape index (κ2) is 21.3. The fraction of sp³-hybridized carbons (Fsp3) is 0.463. The van der Waals surface area contributed by atoms with Crippen LogP contribution < -0.4 is 25.4 Å². The summed E-state index contributed by atoms with van der Waals surface area (Å²) in [6, 6.07) is 26.2. The topological polar surface area (TPSA) is 137 Å². The van der Waals surface area contributed by atoms with Crippen LogP contribution in [0.1, 0.15) is 91.2 Å². The van der Waals surface area contributed by atoms with Crippen LogP contribution in [0.15, 0.2) is 89.9 Å². The lowest BCUT2D eigenvalue weighted by Crippen LogP contribution is -2.48. The summed E-state index contributed by atoms with van der Waals surface area (Å²) in [6.07, 6.45) is 4.48. The van der Waals surface area contributed by atoms with Gasteiger partial charge in [-0.2, -0.15) is 0 Å². The van der Waals surface area contributed by atoms with E-state index in [1.807, 2.05) is 84.9 Å². The molecular formula is C41H56N4O7. The molecule has 0 aromatic heterocycles. The van der Waals surface area contributed by atoms with Crippen molar-refractivity contribution in [3.8, 4) is 11.5 Å². The van der Waals surface area contributed by atoms with E-state index < -0.39 is 29.4 Å². The number of benzene rings is 3. The van der Waals surface area contributed by atoms with E-state index in [0.717, 1.165) is 61.2 Å². The molecule has 3 N–H and O–H groups in total. The number of hydrogen-bond donors (Lipinski definition) is 3. The van der Waals surface area contributed by atoms with Crippen molar-refractivity contribution in [1.29, 1.82) is 0 Å². The fourth-order valence-electron chi connectivity index (χ4n) is 4.91. The summed E-state index contributed by atoms with van der Waals surface area (Å²) in [5.74, 6) is 1.06. The first-order valence-corrected chi connectivity index (χ1v) is 18.0. The van der Waals surface area contributed by atoms with Gasteiger partial charge in [0.2, 0.25) is 11.9 Å². The van der Waals surface area contributed by atoms with Gasteiger partial charge in [-0.1, -0.05) is 86.3 Å². The van der Waals surface area contributed by atoms with Crippen molar-refractivity contribution in [1.82, 2.24) is 16.0 Å². The number of hydrogen-bond acceptors (Lipinski definition) is 8. The van der Waals surface area contributed by atoms with Gasteiger partial charge in [0, 0.05) is 13.0 Å². The minimum absolute atomic E-state index is 0.242. The van der Waals surface area contributed by atoms with Gasteiger partial charge in [0.25, 0.3) is 0 Å². The van der Waals surface area contributed by atoms with Gasteiger partial charge in [0.05, 0.1) is 6.61 Å². The fourth-order valence-corrected chi connectivity index (χ4v) is 4.91. The zero-order chi connectivity index (χ0) is 37.8. The van der Waals surface area contributed by atoms with Gasteiger partial charge >= 0.3 is 12.2 Å². The van der Waals surface area contributed by atoms with Crippen LogP contribution in [0.3, 0.4) is 0 Å². The van der Waals surface area contributed by atoms with E-state index in [1.54, 1.807) is 41.5 Å². The highest BCUT2D eigenvalue weighted by Crippen LogP contribution is 2.19. The molecule has 1 unspecified atom stereocenters. The van der Waals surface area contributed by atoms with E-state index in [9.17, 15) is 14.4 Å². The molecule has 3 aromatic carbocycles. The molecule has 0 saturated heterocycles. The Kier molecular flexibility index (Phi) is 17.0. The van der Waals surface area contributed by atoms with Crippen molar-refractivity contribution in [2.45, 2.75) is 110 Å². The highest BCUT2D eigenvalue weighted by Gasteiger charge is 2.24. The average molecular weight is 717 g/mol. The van der Waals surface area contributed by atoms with Crippen molar-refractivity contribution >= 4 is 24.1 Å². The molecule has 3 rings (SSSR count). The molecule has 3 aromatic rings. The summed E-state index contributed by atoms with van der Waals surface area (Å²) in [5.41, 5.74) is 0.416. The zero-order valence-corrected chi connectivity index (χ0v) is 31.5. The Labute approximate surface area is 308 Å². The molecule has 0 bridgehead atoms. The van der Waals surface area contributed by atoms with Gasteiger partial charge in [0.1, 0.15) is 35.3 Å². The van der Waals surface area contributed by atoms with Crippen molar-refractivity contribution in [3.63, 3.8) is 0 Å². The van der Waals surface area contributed by atoms with Crippen LogP contribution in [0.2, 0.25) is 0 Å². The highest BCUT2D eigenvalue weighted by molar-refractivity contribution is 6.02. The lowest BCUT2D eigenvalue weighted by Gasteiger charge is -2.23. The van der Waals surface area contributed by atoms with Gasteiger partial charge in [-0.3, -0.25) is 15.4 Å². The molecule has 52 heavy (non-hydrogen) atoms. The Morgan fingerprint density at radius 1 is 0.615 bits per heavy atom. The molecule has 0 aliphatic rings. The molecular weight excluding hydrogens is 660 g/mol. The number of ether oxygens (including phenoxy) is 4. The molecule has 11 nitrogen and oxygen atoms in total. The van der Waals surface area contributed by atoms with Gasteiger partial charge < -0.3 is 24.3 Å². The third-order valence-corrected chi connectivity index (χ3v) is 7.31. The van der Waals surface area contributed by atoms with Crippen LogP contribution in [0.4, 0.5) is 9.59 Å². The van der Waals surface area contributed by atoms with Crippen molar-refractivity contribution in [3.05, 3.63) is 96.1 Å². The Morgan fingerprint density at radius 2 is 1.10 bits per heavy atom. The SMILES string of the molecule is CC(C)(C)OC(=O)NC(=NC(Cc1ccccc1)C(=O)NCCCCCCCCOc1ccc(OCc2ccccc2)cc1)NC(=O)OC(C)(C)C. The molecule has 3 amide bonds. The number of carbonyl (C=O) groups excluding carboxylic acids is 3. The maximum atomic E-state index is 13.4. The van der Waals surface area contributed by atoms with Crippen LogP contribution in [-0.4, -0.2) is 54.4 Å². The Bertz CT molecular complexity index is 1500. The van der Waals surface area contributed by atoms with Crippen LogP contribution in [0, 0.1) is 0 Å². The van der Waals surface area contributed by atoms with E-state index in [1.165, 1.54) is 0 Å². The Hall–Kier alpha value is -5.06. The molecule has 0 saturated carbocycles.